The van der Waals surface area contributed by atoms with Crippen LogP contribution in [0.25, 0.3) is 0 Å². The van der Waals surface area contributed by atoms with Gasteiger partial charge < -0.3 is 4.90 Å². The zero-order chi connectivity index (χ0) is 7.19. The van der Waals surface area contributed by atoms with E-state index in [0.29, 0.717) is 5.54 Å². The van der Waals surface area contributed by atoms with Crippen molar-refractivity contribution in [2.75, 3.05) is 13.6 Å². The van der Waals surface area contributed by atoms with Crippen LogP contribution in [0.4, 0.5) is 0 Å². The molecule has 0 N–H and O–H groups in total. The third kappa shape index (κ3) is 0.619. The molecule has 2 unspecified atom stereocenters. The Bertz CT molecular complexity index is 144. The zero-order valence-electron chi connectivity index (χ0n) is 7.06. The molecule has 2 fully saturated rings. The first-order valence-corrected chi connectivity index (χ1v) is 4.47. The molecule has 1 saturated heterocycles. The van der Waals surface area contributed by atoms with Crippen molar-refractivity contribution in [2.24, 2.45) is 5.92 Å². The predicted octanol–water partition coefficient (Wildman–Crippen LogP) is 1.88. The highest BCUT2D eigenvalue weighted by Crippen LogP contribution is 2.47. The molecule has 2 rings (SSSR count). The van der Waals surface area contributed by atoms with Crippen LogP contribution in [0, 0.1) is 5.92 Å². The predicted molar refractivity (Wildman–Crippen MR) is 43.0 cm³/mol. The van der Waals surface area contributed by atoms with Crippen molar-refractivity contribution >= 4 is 0 Å². The van der Waals surface area contributed by atoms with E-state index in [1.165, 1.54) is 32.2 Å². The van der Waals surface area contributed by atoms with Gasteiger partial charge in [-0.15, -0.1) is 0 Å². The molecule has 10 heavy (non-hydrogen) atoms. The fourth-order valence-corrected chi connectivity index (χ4v) is 2.79. The molecular weight excluding hydrogens is 122 g/mol. The van der Waals surface area contributed by atoms with Crippen LogP contribution in [0.5, 0.6) is 0 Å². The molecule has 0 bridgehead atoms. The van der Waals surface area contributed by atoms with Crippen molar-refractivity contribution in [1.29, 1.82) is 0 Å². The van der Waals surface area contributed by atoms with Crippen LogP contribution >= 0.6 is 0 Å². The average Bonchev–Trinajstić information content (AvgIpc) is 2.30. The Morgan fingerprint density at radius 1 is 1.40 bits per heavy atom. The molecule has 2 atom stereocenters. The topological polar surface area (TPSA) is 3.24 Å². The molecule has 1 aliphatic carbocycles. The monoisotopic (exact) mass is 139 g/mol. The van der Waals surface area contributed by atoms with Gasteiger partial charge in [0.25, 0.3) is 0 Å². The van der Waals surface area contributed by atoms with Crippen LogP contribution in [0.1, 0.15) is 32.6 Å². The van der Waals surface area contributed by atoms with Gasteiger partial charge in [-0.2, -0.15) is 0 Å². The summed E-state index contributed by atoms with van der Waals surface area (Å²) in [6.07, 6.45) is 5.85. The number of nitrogens with zero attached hydrogens (tertiary/aromatic N) is 1. The standard InChI is InChI=1S/C9H17N/c1-8-4-3-5-9(8)6-7-10(9)2/h8H,3-7H2,1-2H3. The Kier molecular flexibility index (Phi) is 1.31. The molecule has 2 aliphatic rings. The number of likely N-dealkylation sites (tertiary alicyclic amines) is 1. The normalized spacial score (nSPS) is 48.0. The van der Waals surface area contributed by atoms with E-state index in [9.17, 15) is 0 Å². The van der Waals surface area contributed by atoms with Crippen molar-refractivity contribution < 1.29 is 0 Å². The van der Waals surface area contributed by atoms with Gasteiger partial charge in [0.1, 0.15) is 0 Å². The fourth-order valence-electron chi connectivity index (χ4n) is 2.79. The summed E-state index contributed by atoms with van der Waals surface area (Å²) in [6, 6.07) is 0. The van der Waals surface area contributed by atoms with Crippen molar-refractivity contribution in [1.82, 2.24) is 4.90 Å². The van der Waals surface area contributed by atoms with Gasteiger partial charge >= 0.3 is 0 Å². The molecule has 1 nitrogen and oxygen atoms in total. The largest absolute Gasteiger partial charge is 0.300 e. The van der Waals surface area contributed by atoms with Crippen LogP contribution in [0.2, 0.25) is 0 Å². The quantitative estimate of drug-likeness (QED) is 0.495. The molecular formula is C9H17N. The van der Waals surface area contributed by atoms with Crippen LogP contribution in [0.15, 0.2) is 0 Å². The molecule has 0 aromatic rings. The van der Waals surface area contributed by atoms with Crippen molar-refractivity contribution in [3.8, 4) is 0 Å². The van der Waals surface area contributed by atoms with Crippen molar-refractivity contribution in [3.63, 3.8) is 0 Å². The van der Waals surface area contributed by atoms with Crippen LogP contribution in [-0.2, 0) is 0 Å². The Balaban J connectivity index is 2.13. The first-order chi connectivity index (χ1) is 4.76. The number of rotatable bonds is 0. The molecule has 1 heterocycles. The van der Waals surface area contributed by atoms with E-state index >= 15 is 0 Å². The molecule has 0 radical (unpaired) electrons. The van der Waals surface area contributed by atoms with Crippen LogP contribution < -0.4 is 0 Å². The molecule has 0 aromatic carbocycles. The zero-order valence-corrected chi connectivity index (χ0v) is 7.06. The van der Waals surface area contributed by atoms with Gasteiger partial charge in [-0.25, -0.2) is 0 Å². The van der Waals surface area contributed by atoms with E-state index in [1.807, 2.05) is 0 Å². The van der Waals surface area contributed by atoms with Gasteiger partial charge in [0, 0.05) is 12.1 Å². The highest BCUT2D eigenvalue weighted by molar-refractivity contribution is 5.04. The lowest BCUT2D eigenvalue weighted by molar-refractivity contribution is -0.0156. The van der Waals surface area contributed by atoms with E-state index in [2.05, 4.69) is 18.9 Å². The summed E-state index contributed by atoms with van der Waals surface area (Å²) in [5, 5.41) is 0. The van der Waals surface area contributed by atoms with Gasteiger partial charge in [-0.3, -0.25) is 0 Å². The van der Waals surface area contributed by atoms with Gasteiger partial charge in [-0.05, 0) is 32.2 Å². The van der Waals surface area contributed by atoms with E-state index in [1.54, 1.807) is 0 Å². The smallest absolute Gasteiger partial charge is 0.0244 e. The third-order valence-electron chi connectivity index (χ3n) is 3.80. The van der Waals surface area contributed by atoms with Gasteiger partial charge in [0.15, 0.2) is 0 Å². The Morgan fingerprint density at radius 3 is 2.40 bits per heavy atom. The summed E-state index contributed by atoms with van der Waals surface area (Å²) in [5.41, 5.74) is 0.667. The van der Waals surface area contributed by atoms with Crippen molar-refractivity contribution in [2.45, 2.75) is 38.1 Å². The molecule has 0 aromatic heterocycles. The Hall–Kier alpha value is -0.0400. The maximum absolute atomic E-state index is 2.56. The van der Waals surface area contributed by atoms with Crippen molar-refractivity contribution in [3.05, 3.63) is 0 Å². The molecule has 1 heteroatoms. The summed E-state index contributed by atoms with van der Waals surface area (Å²) in [5.74, 6) is 0.964. The fraction of sp³-hybridized carbons (Fsp3) is 1.00. The summed E-state index contributed by atoms with van der Waals surface area (Å²) in [4.78, 5) is 2.56. The van der Waals surface area contributed by atoms with Gasteiger partial charge in [-0.1, -0.05) is 13.3 Å². The summed E-state index contributed by atoms with van der Waals surface area (Å²) >= 11 is 0. The lowest BCUT2D eigenvalue weighted by Crippen LogP contribution is -2.59. The van der Waals surface area contributed by atoms with E-state index < -0.39 is 0 Å². The maximum atomic E-state index is 2.56. The number of hydrogen-bond donors (Lipinski definition) is 0. The SMILES string of the molecule is CC1CCCC12CCN2C. The molecule has 1 aliphatic heterocycles. The Labute approximate surface area is 63.4 Å². The Morgan fingerprint density at radius 2 is 2.20 bits per heavy atom. The van der Waals surface area contributed by atoms with E-state index in [4.69, 9.17) is 0 Å². The molecule has 1 saturated carbocycles. The second-order valence-electron chi connectivity index (χ2n) is 4.07. The van der Waals surface area contributed by atoms with E-state index in [-0.39, 0.29) is 0 Å². The van der Waals surface area contributed by atoms with Crippen LogP contribution in [0.3, 0.4) is 0 Å². The minimum atomic E-state index is 0.667. The van der Waals surface area contributed by atoms with Gasteiger partial charge in [0.05, 0.1) is 0 Å². The highest BCUT2D eigenvalue weighted by atomic mass is 15.2. The first kappa shape index (κ1) is 6.66. The third-order valence-corrected chi connectivity index (χ3v) is 3.80. The number of hydrogen-bond acceptors (Lipinski definition) is 1. The second-order valence-corrected chi connectivity index (χ2v) is 4.07. The summed E-state index contributed by atoms with van der Waals surface area (Å²) in [6.45, 7) is 3.76. The highest BCUT2D eigenvalue weighted by Gasteiger charge is 2.48. The lowest BCUT2D eigenvalue weighted by Gasteiger charge is -2.52. The minimum Gasteiger partial charge on any atom is -0.300 e. The van der Waals surface area contributed by atoms with Gasteiger partial charge in [0.2, 0.25) is 0 Å². The molecule has 1 spiro atoms. The van der Waals surface area contributed by atoms with E-state index in [0.717, 1.165) is 5.92 Å². The minimum absolute atomic E-state index is 0.667. The summed E-state index contributed by atoms with van der Waals surface area (Å²) in [7, 11) is 2.28. The average molecular weight is 139 g/mol. The molecule has 58 valence electrons. The maximum Gasteiger partial charge on any atom is 0.0244 e. The van der Waals surface area contributed by atoms with Crippen LogP contribution in [-0.4, -0.2) is 24.0 Å². The molecule has 0 amide bonds. The second kappa shape index (κ2) is 1.97. The first-order valence-electron chi connectivity index (χ1n) is 4.47. The summed E-state index contributed by atoms with van der Waals surface area (Å²) < 4.78 is 0. The lowest BCUT2D eigenvalue weighted by atomic mass is 9.77.